The zero-order valence-electron chi connectivity index (χ0n) is 9.23. The van der Waals surface area contributed by atoms with Crippen LogP contribution < -0.4 is 4.74 Å². The number of nitrogens with zero attached hydrogens (tertiary/aromatic N) is 2. The average molecular weight is 235 g/mol. The van der Waals surface area contributed by atoms with Crippen molar-refractivity contribution in [3.8, 4) is 11.4 Å². The highest BCUT2D eigenvalue weighted by Gasteiger charge is 2.06. The van der Waals surface area contributed by atoms with E-state index in [1.807, 2.05) is 35.8 Å². The molecule has 0 atom stereocenters. The highest BCUT2D eigenvalue weighted by atomic mass is 32.1. The fraction of sp³-hybridized carbons (Fsp3) is 0.273. The quantitative estimate of drug-likeness (QED) is 0.831. The minimum absolute atomic E-state index is 0.602. The van der Waals surface area contributed by atoms with E-state index in [1.54, 1.807) is 7.11 Å². The third kappa shape index (κ3) is 1.86. The maximum absolute atomic E-state index is 5.20. The molecule has 0 radical (unpaired) electrons. The average Bonchev–Trinajstić information content (AvgIpc) is 2.70. The van der Waals surface area contributed by atoms with Crippen LogP contribution in [0.15, 0.2) is 24.3 Å². The molecule has 0 aliphatic rings. The Morgan fingerprint density at radius 3 is 3.00 bits per heavy atom. The van der Waals surface area contributed by atoms with Crippen LogP contribution in [0.5, 0.6) is 5.75 Å². The van der Waals surface area contributed by atoms with Crippen LogP contribution in [0.1, 0.15) is 12.7 Å². The molecule has 0 saturated heterocycles. The fourth-order valence-electron chi connectivity index (χ4n) is 1.58. The molecule has 1 aromatic heterocycles. The van der Waals surface area contributed by atoms with Crippen molar-refractivity contribution in [1.82, 2.24) is 14.8 Å². The molecule has 0 saturated carbocycles. The molecule has 1 aromatic carbocycles. The Morgan fingerprint density at radius 2 is 2.31 bits per heavy atom. The summed E-state index contributed by atoms with van der Waals surface area (Å²) in [5.74, 6) is 1.72. The van der Waals surface area contributed by atoms with Gasteiger partial charge in [0.1, 0.15) is 11.6 Å². The second-order valence-corrected chi connectivity index (χ2v) is 3.72. The molecule has 0 bridgehead atoms. The van der Waals surface area contributed by atoms with E-state index in [2.05, 4.69) is 10.2 Å². The first-order valence-corrected chi connectivity index (χ1v) is 5.47. The smallest absolute Gasteiger partial charge is 0.199 e. The highest BCUT2D eigenvalue weighted by molar-refractivity contribution is 7.71. The monoisotopic (exact) mass is 235 g/mol. The molecule has 0 aliphatic carbocycles. The van der Waals surface area contributed by atoms with Crippen LogP contribution >= 0.6 is 12.2 Å². The van der Waals surface area contributed by atoms with Gasteiger partial charge in [-0.1, -0.05) is 13.0 Å². The van der Waals surface area contributed by atoms with Crippen LogP contribution in [-0.4, -0.2) is 21.9 Å². The van der Waals surface area contributed by atoms with Crippen molar-refractivity contribution < 1.29 is 4.74 Å². The number of rotatable bonds is 3. The number of methoxy groups -OCH3 is 1. The van der Waals surface area contributed by atoms with Gasteiger partial charge in [-0.3, -0.25) is 9.67 Å². The zero-order chi connectivity index (χ0) is 11.5. The second kappa shape index (κ2) is 4.49. The van der Waals surface area contributed by atoms with Crippen LogP contribution in [0, 0.1) is 4.77 Å². The van der Waals surface area contributed by atoms with Gasteiger partial charge in [0, 0.05) is 12.5 Å². The van der Waals surface area contributed by atoms with E-state index in [0.717, 1.165) is 23.7 Å². The molecular formula is C11H13N3OS. The summed E-state index contributed by atoms with van der Waals surface area (Å²) in [5, 5.41) is 6.97. The molecule has 0 spiro atoms. The Balaban J connectivity index is 2.57. The number of hydrogen-bond donors (Lipinski definition) is 1. The lowest BCUT2D eigenvalue weighted by molar-refractivity contribution is 0.414. The molecule has 0 amide bonds. The summed E-state index contributed by atoms with van der Waals surface area (Å²) in [4.78, 5) is 0. The predicted molar refractivity (Wildman–Crippen MR) is 64.7 cm³/mol. The second-order valence-electron chi connectivity index (χ2n) is 3.34. The first-order valence-electron chi connectivity index (χ1n) is 5.07. The van der Waals surface area contributed by atoms with Crippen molar-refractivity contribution in [2.24, 2.45) is 0 Å². The summed E-state index contributed by atoms with van der Waals surface area (Å²) in [5.41, 5.74) is 0.968. The van der Waals surface area contributed by atoms with E-state index >= 15 is 0 Å². The molecule has 5 heteroatoms. The van der Waals surface area contributed by atoms with Gasteiger partial charge in [0.2, 0.25) is 0 Å². The third-order valence-corrected chi connectivity index (χ3v) is 2.64. The van der Waals surface area contributed by atoms with Gasteiger partial charge in [0.25, 0.3) is 0 Å². The molecule has 0 aliphatic heterocycles. The minimum Gasteiger partial charge on any atom is -0.497 e. The summed E-state index contributed by atoms with van der Waals surface area (Å²) >= 11 is 5.20. The molecule has 0 unspecified atom stereocenters. The van der Waals surface area contributed by atoms with Crippen molar-refractivity contribution in [3.63, 3.8) is 0 Å². The van der Waals surface area contributed by atoms with Crippen LogP contribution in [0.3, 0.4) is 0 Å². The number of H-pyrrole nitrogens is 1. The van der Waals surface area contributed by atoms with Crippen molar-refractivity contribution in [2.75, 3.05) is 7.11 Å². The van der Waals surface area contributed by atoms with Gasteiger partial charge in [-0.15, -0.1) is 0 Å². The van der Waals surface area contributed by atoms with E-state index in [4.69, 9.17) is 17.0 Å². The summed E-state index contributed by atoms with van der Waals surface area (Å²) in [6.07, 6.45) is 0.824. The molecule has 0 fully saturated rings. The number of nitrogens with one attached hydrogen (secondary N) is 1. The van der Waals surface area contributed by atoms with Crippen molar-refractivity contribution in [2.45, 2.75) is 13.3 Å². The Labute approximate surface area is 98.9 Å². The van der Waals surface area contributed by atoms with Gasteiger partial charge in [0.15, 0.2) is 4.77 Å². The number of aromatic nitrogens is 3. The number of hydrogen-bond acceptors (Lipinski definition) is 3. The molecule has 1 N–H and O–H groups in total. The maximum Gasteiger partial charge on any atom is 0.199 e. The predicted octanol–water partition coefficient (Wildman–Crippen LogP) is 2.50. The Bertz CT molecular complexity index is 544. The molecule has 4 nitrogen and oxygen atoms in total. The Kier molecular flexibility index (Phi) is 3.05. The number of aryl methyl sites for hydroxylation is 1. The maximum atomic E-state index is 5.20. The van der Waals surface area contributed by atoms with Gasteiger partial charge >= 0.3 is 0 Å². The summed E-state index contributed by atoms with van der Waals surface area (Å²) in [7, 11) is 1.65. The SMILES string of the molecule is CCc1n[nH]c(=S)n1-c1cccc(OC)c1. The van der Waals surface area contributed by atoms with Gasteiger partial charge < -0.3 is 4.74 Å². The van der Waals surface area contributed by atoms with Crippen LogP contribution in [-0.2, 0) is 6.42 Å². The Hall–Kier alpha value is -1.62. The first-order chi connectivity index (χ1) is 7.76. The van der Waals surface area contributed by atoms with E-state index in [9.17, 15) is 0 Å². The molecule has 84 valence electrons. The van der Waals surface area contributed by atoms with E-state index in [1.165, 1.54) is 0 Å². The first kappa shape index (κ1) is 10.9. The molecular weight excluding hydrogens is 222 g/mol. The molecule has 2 aromatic rings. The topological polar surface area (TPSA) is 42.8 Å². The van der Waals surface area contributed by atoms with Crippen molar-refractivity contribution >= 4 is 12.2 Å². The number of benzene rings is 1. The van der Waals surface area contributed by atoms with Crippen LogP contribution in [0.25, 0.3) is 5.69 Å². The molecule has 16 heavy (non-hydrogen) atoms. The van der Waals surface area contributed by atoms with E-state index in [-0.39, 0.29) is 0 Å². The molecule has 1 heterocycles. The summed E-state index contributed by atoms with van der Waals surface area (Å²) in [6.45, 7) is 2.04. The van der Waals surface area contributed by atoms with Gasteiger partial charge in [-0.25, -0.2) is 0 Å². The highest BCUT2D eigenvalue weighted by Crippen LogP contribution is 2.17. The van der Waals surface area contributed by atoms with Crippen LogP contribution in [0.2, 0.25) is 0 Å². The summed E-state index contributed by atoms with van der Waals surface area (Å²) < 4.78 is 7.70. The standard InChI is InChI=1S/C11H13N3OS/c1-3-10-12-13-11(16)14(10)8-5-4-6-9(7-8)15-2/h4-7H,3H2,1-2H3,(H,13,16). The van der Waals surface area contributed by atoms with Gasteiger partial charge in [-0.05, 0) is 24.4 Å². The van der Waals surface area contributed by atoms with Gasteiger partial charge in [-0.2, -0.15) is 5.10 Å². The Morgan fingerprint density at radius 1 is 1.50 bits per heavy atom. The number of aromatic amines is 1. The fourth-order valence-corrected chi connectivity index (χ4v) is 1.84. The lowest BCUT2D eigenvalue weighted by Gasteiger charge is -2.07. The largest absolute Gasteiger partial charge is 0.497 e. The lowest BCUT2D eigenvalue weighted by atomic mass is 10.3. The third-order valence-electron chi connectivity index (χ3n) is 2.37. The minimum atomic E-state index is 0.602. The van der Waals surface area contributed by atoms with Crippen LogP contribution in [0.4, 0.5) is 0 Å². The van der Waals surface area contributed by atoms with Gasteiger partial charge in [0.05, 0.1) is 12.8 Å². The van der Waals surface area contributed by atoms with Crippen molar-refractivity contribution in [3.05, 3.63) is 34.9 Å². The number of ether oxygens (including phenoxy) is 1. The zero-order valence-corrected chi connectivity index (χ0v) is 10.0. The normalized spacial score (nSPS) is 10.4. The molecule has 2 rings (SSSR count). The lowest BCUT2D eigenvalue weighted by Crippen LogP contribution is -2.00. The summed E-state index contributed by atoms with van der Waals surface area (Å²) in [6, 6.07) is 7.75. The van der Waals surface area contributed by atoms with E-state index < -0.39 is 0 Å². The van der Waals surface area contributed by atoms with Crippen molar-refractivity contribution in [1.29, 1.82) is 0 Å². The van der Waals surface area contributed by atoms with E-state index in [0.29, 0.717) is 4.77 Å².